The van der Waals surface area contributed by atoms with Gasteiger partial charge >= 0.3 is 6.18 Å². The van der Waals surface area contributed by atoms with Crippen LogP contribution < -0.4 is 5.32 Å². The molecule has 0 unspecified atom stereocenters. The monoisotopic (exact) mass is 480 g/mol. The molecule has 0 bridgehead atoms. The zero-order chi connectivity index (χ0) is 21.8. The number of thiazole rings is 1. The number of benzene rings is 1. The summed E-state index contributed by atoms with van der Waals surface area (Å²) in [6.45, 7) is 0. The molecule has 0 radical (unpaired) electrons. The van der Waals surface area contributed by atoms with Crippen molar-refractivity contribution >= 4 is 45.9 Å². The van der Waals surface area contributed by atoms with Crippen LogP contribution in [0.2, 0.25) is 0 Å². The number of carbonyl (C=O) groups excluding carboxylic acids is 1. The van der Waals surface area contributed by atoms with Gasteiger partial charge in [0.05, 0.1) is 5.56 Å². The van der Waals surface area contributed by atoms with Crippen LogP contribution in [0.5, 0.6) is 0 Å². The summed E-state index contributed by atoms with van der Waals surface area (Å²) in [5, 5.41) is 13.4. The molecule has 0 atom stereocenters. The summed E-state index contributed by atoms with van der Waals surface area (Å²) in [5.74, 6) is -0.482. The number of anilines is 1. The smallest absolute Gasteiger partial charge is 0.322 e. The van der Waals surface area contributed by atoms with Gasteiger partial charge in [0.1, 0.15) is 17.0 Å². The van der Waals surface area contributed by atoms with Crippen molar-refractivity contribution in [3.63, 3.8) is 0 Å². The van der Waals surface area contributed by atoms with E-state index >= 15 is 0 Å². The van der Waals surface area contributed by atoms with Crippen LogP contribution in [0.3, 0.4) is 0 Å². The molecular weight excluding hydrogens is 469 g/mol. The van der Waals surface area contributed by atoms with E-state index in [0.29, 0.717) is 25.1 Å². The third-order valence-corrected chi connectivity index (χ3v) is 6.28. The summed E-state index contributed by atoms with van der Waals surface area (Å²) in [6, 6.07) is 8.09. The highest BCUT2D eigenvalue weighted by molar-refractivity contribution is 7.99. The molecule has 0 saturated carbocycles. The third kappa shape index (κ3) is 5.42. The number of aromatic nitrogens is 5. The quantitative estimate of drug-likeness (QED) is 0.390. The zero-order valence-electron chi connectivity index (χ0n) is 15.3. The number of pyridine rings is 1. The first-order chi connectivity index (χ1) is 14.9. The van der Waals surface area contributed by atoms with Gasteiger partial charge in [0.15, 0.2) is 10.3 Å². The number of alkyl halides is 3. The van der Waals surface area contributed by atoms with E-state index in [1.807, 2.05) is 0 Å². The van der Waals surface area contributed by atoms with Crippen LogP contribution in [0.1, 0.15) is 16.1 Å². The predicted molar refractivity (Wildman–Crippen MR) is 110 cm³/mol. The van der Waals surface area contributed by atoms with Gasteiger partial charge in [-0.1, -0.05) is 11.8 Å². The maximum atomic E-state index is 12.8. The van der Waals surface area contributed by atoms with Gasteiger partial charge in [-0.05, 0) is 48.2 Å². The first kappa shape index (κ1) is 21.3. The van der Waals surface area contributed by atoms with Crippen LogP contribution in [0.15, 0.2) is 74.3 Å². The van der Waals surface area contributed by atoms with Gasteiger partial charge in [0.2, 0.25) is 0 Å². The molecule has 0 aliphatic carbocycles. The van der Waals surface area contributed by atoms with E-state index in [0.717, 1.165) is 23.9 Å². The molecule has 31 heavy (non-hydrogen) atoms. The van der Waals surface area contributed by atoms with Crippen molar-refractivity contribution in [1.29, 1.82) is 0 Å². The maximum absolute atomic E-state index is 12.8. The molecule has 0 spiro atoms. The lowest BCUT2D eigenvalue weighted by molar-refractivity contribution is -0.137. The lowest BCUT2D eigenvalue weighted by Gasteiger charge is -2.11. The number of hydrogen-bond acceptors (Lipinski definition) is 8. The highest BCUT2D eigenvalue weighted by atomic mass is 32.2. The number of nitrogens with one attached hydrogen (secondary N) is 2. The van der Waals surface area contributed by atoms with E-state index in [1.54, 1.807) is 23.7 Å². The van der Waals surface area contributed by atoms with Crippen molar-refractivity contribution in [1.82, 2.24) is 25.1 Å². The molecule has 3 aromatic heterocycles. The molecule has 0 aliphatic heterocycles. The van der Waals surface area contributed by atoms with E-state index < -0.39 is 17.6 Å². The average Bonchev–Trinajstić information content (AvgIpc) is 3.43. The van der Waals surface area contributed by atoms with E-state index in [9.17, 15) is 18.0 Å². The summed E-state index contributed by atoms with van der Waals surface area (Å²) >= 11 is 3.58. The molecule has 1 aromatic carbocycles. The van der Waals surface area contributed by atoms with Gasteiger partial charge in [0.25, 0.3) is 5.91 Å². The number of hydrogen-bond donors (Lipinski definition) is 2. The van der Waals surface area contributed by atoms with Crippen molar-refractivity contribution in [2.45, 2.75) is 26.1 Å². The Balaban J connectivity index is 1.62. The minimum atomic E-state index is -4.41. The van der Waals surface area contributed by atoms with Crippen molar-refractivity contribution in [3.8, 4) is 0 Å². The average molecular weight is 481 g/mol. The third-order valence-electron chi connectivity index (χ3n) is 3.71. The largest absolute Gasteiger partial charge is 0.416 e. The Morgan fingerprint density at radius 2 is 1.90 bits per heavy atom. The second-order valence-electron chi connectivity index (χ2n) is 5.81. The minimum Gasteiger partial charge on any atom is -0.322 e. The van der Waals surface area contributed by atoms with Crippen molar-refractivity contribution in [3.05, 3.63) is 65.6 Å². The Morgan fingerprint density at radius 1 is 1.10 bits per heavy atom. The zero-order valence-corrected chi connectivity index (χ0v) is 17.7. The lowest BCUT2D eigenvalue weighted by atomic mass is 10.2. The van der Waals surface area contributed by atoms with Crippen molar-refractivity contribution < 1.29 is 18.0 Å². The minimum absolute atomic E-state index is 0.115. The summed E-state index contributed by atoms with van der Waals surface area (Å²) in [4.78, 5) is 25.2. The predicted octanol–water partition coefficient (Wildman–Crippen LogP) is 5.23. The molecule has 158 valence electrons. The van der Waals surface area contributed by atoms with Crippen LogP contribution in [0.4, 0.5) is 18.3 Å². The van der Waals surface area contributed by atoms with Crippen LogP contribution in [0.25, 0.3) is 0 Å². The lowest BCUT2D eigenvalue weighted by Crippen LogP contribution is -2.15. The fourth-order valence-corrected chi connectivity index (χ4v) is 4.45. The SMILES string of the molecule is O=C(Nc1nccs1)c1nc(Sc2nnc[nH]2)ccc1Sc1ccc(C(F)(F)F)cc1. The molecule has 4 aromatic rings. The van der Waals surface area contributed by atoms with Gasteiger partial charge < -0.3 is 4.98 Å². The standard InChI is InChI=1S/C18H11F3N6OS3/c19-18(20,21)10-1-3-11(4-2-10)30-12-5-6-13(31-17-23-9-24-27-17)25-14(12)15(28)26-16-22-7-8-29-16/h1-9H,(H,22,26,28)(H,23,24,27). The molecular formula is C18H11F3N6OS3. The fourth-order valence-electron chi connectivity index (χ4n) is 2.35. The van der Waals surface area contributed by atoms with E-state index in [1.165, 1.54) is 41.6 Å². The highest BCUT2D eigenvalue weighted by Gasteiger charge is 2.30. The van der Waals surface area contributed by atoms with E-state index in [-0.39, 0.29) is 5.69 Å². The number of carbonyl (C=O) groups is 1. The maximum Gasteiger partial charge on any atom is 0.416 e. The van der Waals surface area contributed by atoms with Crippen molar-refractivity contribution in [2.24, 2.45) is 0 Å². The van der Waals surface area contributed by atoms with Crippen LogP contribution in [-0.2, 0) is 6.18 Å². The second-order valence-corrected chi connectivity index (χ2v) is 8.83. The Bertz CT molecular complexity index is 1170. The summed E-state index contributed by atoms with van der Waals surface area (Å²) < 4.78 is 38.4. The summed E-state index contributed by atoms with van der Waals surface area (Å²) in [5.41, 5.74) is -0.625. The Morgan fingerprint density at radius 3 is 2.55 bits per heavy atom. The summed E-state index contributed by atoms with van der Waals surface area (Å²) in [7, 11) is 0. The van der Waals surface area contributed by atoms with Gasteiger partial charge in [-0.3, -0.25) is 10.1 Å². The number of halogens is 3. The van der Waals surface area contributed by atoms with Crippen LogP contribution in [-0.4, -0.2) is 31.1 Å². The van der Waals surface area contributed by atoms with Gasteiger partial charge in [-0.2, -0.15) is 13.2 Å². The molecule has 4 rings (SSSR count). The van der Waals surface area contributed by atoms with Gasteiger partial charge in [-0.25, -0.2) is 9.97 Å². The normalized spacial score (nSPS) is 11.5. The molecule has 0 aliphatic rings. The summed E-state index contributed by atoms with van der Waals surface area (Å²) in [6.07, 6.45) is -1.43. The first-order valence-electron chi connectivity index (χ1n) is 8.49. The number of amides is 1. The van der Waals surface area contributed by atoms with Crippen LogP contribution in [0, 0.1) is 0 Å². The topological polar surface area (TPSA) is 96.5 Å². The molecule has 1 amide bonds. The van der Waals surface area contributed by atoms with Gasteiger partial charge in [0, 0.05) is 21.4 Å². The number of nitrogens with zero attached hydrogens (tertiary/aromatic N) is 4. The Hall–Kier alpha value is -2.90. The number of rotatable bonds is 6. The van der Waals surface area contributed by atoms with Crippen LogP contribution >= 0.6 is 34.9 Å². The number of H-pyrrole nitrogens is 1. The van der Waals surface area contributed by atoms with Crippen molar-refractivity contribution in [2.75, 3.05) is 5.32 Å². The number of aromatic amines is 1. The Labute approximate surface area is 185 Å². The Kier molecular flexibility index (Phi) is 6.25. The van der Waals surface area contributed by atoms with E-state index in [4.69, 9.17) is 0 Å². The molecule has 0 saturated heterocycles. The van der Waals surface area contributed by atoms with E-state index in [2.05, 4.69) is 30.5 Å². The second kappa shape index (κ2) is 9.08. The highest BCUT2D eigenvalue weighted by Crippen LogP contribution is 2.35. The molecule has 7 nitrogen and oxygen atoms in total. The first-order valence-corrected chi connectivity index (χ1v) is 11.0. The molecule has 3 heterocycles. The molecule has 0 fully saturated rings. The van der Waals surface area contributed by atoms with Gasteiger partial charge in [-0.15, -0.1) is 21.5 Å². The fraction of sp³-hybridized carbons (Fsp3) is 0.0556. The molecule has 2 N–H and O–H groups in total. The molecule has 13 heteroatoms.